The smallest absolute Gasteiger partial charge is 0.243 e. The van der Waals surface area contributed by atoms with Crippen LogP contribution in [0, 0.1) is 12.7 Å². The summed E-state index contributed by atoms with van der Waals surface area (Å²) in [5.74, 6) is -0.576. The highest BCUT2D eigenvalue weighted by Crippen LogP contribution is 2.33. The van der Waals surface area contributed by atoms with Gasteiger partial charge in [-0.2, -0.15) is 0 Å². The van der Waals surface area contributed by atoms with E-state index in [4.69, 9.17) is 9.88 Å². The van der Waals surface area contributed by atoms with Crippen molar-refractivity contribution in [2.45, 2.75) is 11.8 Å². The summed E-state index contributed by atoms with van der Waals surface area (Å²) in [4.78, 5) is 3.66. The van der Waals surface area contributed by atoms with E-state index in [9.17, 15) is 12.8 Å². The lowest BCUT2D eigenvalue weighted by Crippen LogP contribution is -2.16. The van der Waals surface area contributed by atoms with Crippen molar-refractivity contribution in [3.63, 3.8) is 0 Å². The maximum Gasteiger partial charge on any atom is 0.243 e. The molecule has 0 aliphatic carbocycles. The van der Waals surface area contributed by atoms with E-state index in [-0.39, 0.29) is 16.3 Å². The third-order valence-electron chi connectivity index (χ3n) is 2.89. The molecule has 0 aliphatic heterocycles. The Morgan fingerprint density at radius 1 is 1.25 bits per heavy atom. The maximum atomic E-state index is 13.8. The number of nitrogens with zero attached hydrogens (tertiary/aromatic N) is 1. The first-order valence-electron chi connectivity index (χ1n) is 5.67. The van der Waals surface area contributed by atoms with E-state index < -0.39 is 15.8 Å². The lowest BCUT2D eigenvalue weighted by molar-refractivity contribution is 0.384. The Bertz CT molecular complexity index is 760. The first-order chi connectivity index (χ1) is 9.36. The Morgan fingerprint density at radius 2 is 1.90 bits per heavy atom. The lowest BCUT2D eigenvalue weighted by atomic mass is 10.0. The number of hydrogen-bond acceptors (Lipinski definition) is 4. The SMILES string of the molecule is COc1ncc(-c2ccccc2F)c(C)c1S(N)(=O)=O. The van der Waals surface area contributed by atoms with Crippen molar-refractivity contribution >= 4 is 10.0 Å². The average Bonchev–Trinajstić information content (AvgIpc) is 2.38. The molecule has 0 bridgehead atoms. The van der Waals surface area contributed by atoms with Crippen LogP contribution in [0.5, 0.6) is 5.88 Å². The predicted molar refractivity (Wildman–Crippen MR) is 72.3 cm³/mol. The monoisotopic (exact) mass is 296 g/mol. The van der Waals surface area contributed by atoms with E-state index in [0.29, 0.717) is 11.1 Å². The molecule has 0 saturated heterocycles. The molecule has 5 nitrogen and oxygen atoms in total. The van der Waals surface area contributed by atoms with Gasteiger partial charge in [0.2, 0.25) is 15.9 Å². The second kappa shape index (κ2) is 5.18. The number of ether oxygens (including phenoxy) is 1. The van der Waals surface area contributed by atoms with Crippen molar-refractivity contribution in [1.82, 2.24) is 4.98 Å². The van der Waals surface area contributed by atoms with Gasteiger partial charge in [-0.05, 0) is 18.6 Å². The molecule has 0 saturated carbocycles. The largest absolute Gasteiger partial charge is 0.480 e. The first-order valence-corrected chi connectivity index (χ1v) is 7.22. The quantitative estimate of drug-likeness (QED) is 0.937. The fraction of sp³-hybridized carbons (Fsp3) is 0.154. The van der Waals surface area contributed by atoms with E-state index in [1.807, 2.05) is 0 Å². The Balaban J connectivity index is 2.79. The molecule has 1 aromatic carbocycles. The van der Waals surface area contributed by atoms with Crippen LogP contribution in [0.2, 0.25) is 0 Å². The standard InChI is InChI=1S/C13H13FN2O3S/c1-8-10(9-5-3-4-6-11(9)14)7-16-13(19-2)12(8)20(15,17)18/h3-7H,1-2H3,(H2,15,17,18). The maximum absolute atomic E-state index is 13.8. The number of pyridine rings is 1. The minimum atomic E-state index is -4.03. The number of methoxy groups -OCH3 is 1. The Labute approximate surface area is 116 Å². The summed E-state index contributed by atoms with van der Waals surface area (Å²) in [5.41, 5.74) is 0.905. The molecule has 20 heavy (non-hydrogen) atoms. The van der Waals surface area contributed by atoms with Crippen molar-refractivity contribution in [1.29, 1.82) is 0 Å². The number of rotatable bonds is 3. The Hall–Kier alpha value is -1.99. The molecule has 0 fully saturated rings. The molecule has 1 heterocycles. The van der Waals surface area contributed by atoms with Gasteiger partial charge in [0, 0.05) is 17.3 Å². The van der Waals surface area contributed by atoms with Gasteiger partial charge in [-0.3, -0.25) is 0 Å². The second-order valence-electron chi connectivity index (χ2n) is 4.16. The van der Waals surface area contributed by atoms with Crippen molar-refractivity contribution in [3.8, 4) is 17.0 Å². The molecular formula is C13H13FN2O3S. The zero-order valence-electron chi connectivity index (χ0n) is 10.9. The summed E-state index contributed by atoms with van der Waals surface area (Å²) in [6.07, 6.45) is 1.36. The Morgan fingerprint density at radius 3 is 2.45 bits per heavy atom. The average molecular weight is 296 g/mol. The molecule has 2 N–H and O–H groups in total. The van der Waals surface area contributed by atoms with Gasteiger partial charge in [-0.1, -0.05) is 18.2 Å². The molecule has 1 aromatic heterocycles. The van der Waals surface area contributed by atoms with Crippen LogP contribution in [-0.2, 0) is 10.0 Å². The summed E-state index contributed by atoms with van der Waals surface area (Å²) in [6, 6.07) is 6.03. The van der Waals surface area contributed by atoms with Gasteiger partial charge in [0.05, 0.1) is 7.11 Å². The zero-order chi connectivity index (χ0) is 14.9. The van der Waals surface area contributed by atoms with E-state index >= 15 is 0 Å². The van der Waals surface area contributed by atoms with Gasteiger partial charge in [0.15, 0.2) is 0 Å². The van der Waals surface area contributed by atoms with Gasteiger partial charge in [-0.25, -0.2) is 22.9 Å². The summed E-state index contributed by atoms with van der Waals surface area (Å²) in [6.45, 7) is 1.53. The number of hydrogen-bond donors (Lipinski definition) is 1. The van der Waals surface area contributed by atoms with Crippen LogP contribution in [0.4, 0.5) is 4.39 Å². The Kier molecular flexibility index (Phi) is 3.74. The number of halogens is 1. The number of sulfonamides is 1. The summed E-state index contributed by atoms with van der Waals surface area (Å²) < 4.78 is 42.1. The molecule has 0 amide bonds. The van der Waals surface area contributed by atoms with Gasteiger partial charge in [-0.15, -0.1) is 0 Å². The fourth-order valence-electron chi connectivity index (χ4n) is 1.99. The normalized spacial score (nSPS) is 11.4. The van der Waals surface area contributed by atoms with Crippen LogP contribution < -0.4 is 9.88 Å². The zero-order valence-corrected chi connectivity index (χ0v) is 11.7. The van der Waals surface area contributed by atoms with Crippen molar-refractivity contribution in [3.05, 3.63) is 41.8 Å². The van der Waals surface area contributed by atoms with Crippen LogP contribution in [0.1, 0.15) is 5.56 Å². The highest BCUT2D eigenvalue weighted by molar-refractivity contribution is 7.89. The van der Waals surface area contributed by atoms with Gasteiger partial charge in [0.25, 0.3) is 0 Å². The topological polar surface area (TPSA) is 82.3 Å². The van der Waals surface area contributed by atoms with Crippen molar-refractivity contribution in [2.75, 3.05) is 7.11 Å². The van der Waals surface area contributed by atoms with Gasteiger partial charge in [0.1, 0.15) is 10.7 Å². The van der Waals surface area contributed by atoms with Crippen LogP contribution in [0.15, 0.2) is 35.4 Å². The molecule has 106 valence electrons. The number of primary sulfonamides is 1. The minimum Gasteiger partial charge on any atom is -0.480 e. The van der Waals surface area contributed by atoms with E-state index in [0.717, 1.165) is 0 Å². The van der Waals surface area contributed by atoms with Gasteiger partial charge >= 0.3 is 0 Å². The molecule has 0 atom stereocenters. The minimum absolute atomic E-state index is 0.106. The molecular weight excluding hydrogens is 283 g/mol. The summed E-state index contributed by atoms with van der Waals surface area (Å²) in [5, 5.41) is 5.18. The molecule has 2 rings (SSSR count). The molecule has 7 heteroatoms. The third-order valence-corrected chi connectivity index (χ3v) is 3.94. The van der Waals surface area contributed by atoms with E-state index in [2.05, 4.69) is 4.98 Å². The van der Waals surface area contributed by atoms with Crippen LogP contribution in [-0.4, -0.2) is 20.5 Å². The fourth-order valence-corrected chi connectivity index (χ4v) is 2.91. The molecule has 0 unspecified atom stereocenters. The molecule has 0 aliphatic rings. The second-order valence-corrected chi connectivity index (χ2v) is 5.66. The predicted octanol–water partition coefficient (Wildman–Crippen LogP) is 1.85. The molecule has 0 spiro atoms. The van der Waals surface area contributed by atoms with Crippen molar-refractivity contribution < 1.29 is 17.5 Å². The van der Waals surface area contributed by atoms with Crippen LogP contribution in [0.25, 0.3) is 11.1 Å². The van der Waals surface area contributed by atoms with Crippen LogP contribution in [0.3, 0.4) is 0 Å². The highest BCUT2D eigenvalue weighted by Gasteiger charge is 2.23. The summed E-state index contributed by atoms with van der Waals surface area (Å²) >= 11 is 0. The number of aromatic nitrogens is 1. The first kappa shape index (κ1) is 14.4. The molecule has 0 radical (unpaired) electrons. The van der Waals surface area contributed by atoms with Crippen molar-refractivity contribution in [2.24, 2.45) is 5.14 Å². The van der Waals surface area contributed by atoms with E-state index in [1.165, 1.54) is 26.3 Å². The van der Waals surface area contributed by atoms with Gasteiger partial charge < -0.3 is 4.74 Å². The summed E-state index contributed by atoms with van der Waals surface area (Å²) in [7, 11) is -2.74. The molecule has 2 aromatic rings. The van der Waals surface area contributed by atoms with E-state index in [1.54, 1.807) is 18.2 Å². The lowest BCUT2D eigenvalue weighted by Gasteiger charge is -2.13. The van der Waals surface area contributed by atoms with Crippen LogP contribution >= 0.6 is 0 Å². The third kappa shape index (κ3) is 2.50. The number of benzene rings is 1. The highest BCUT2D eigenvalue weighted by atomic mass is 32.2. The number of nitrogens with two attached hydrogens (primary N) is 1.